The van der Waals surface area contributed by atoms with Gasteiger partial charge in [-0.15, -0.1) is 0 Å². The highest BCUT2D eigenvalue weighted by atomic mass is 16.4. The molecular formula is C15H23N3O3. The molecule has 6 heteroatoms. The topological polar surface area (TPSA) is 75.4 Å². The quantitative estimate of drug-likeness (QED) is 0.777. The molecule has 1 heterocycles. The average Bonchev–Trinajstić information content (AvgIpc) is 2.83. The highest BCUT2D eigenvalue weighted by Crippen LogP contribution is 2.17. The number of carbonyl (C=O) groups is 2. The third-order valence-corrected chi connectivity index (χ3v) is 3.05. The van der Waals surface area contributed by atoms with Crippen molar-refractivity contribution in [2.24, 2.45) is 0 Å². The SMILES string of the molecule is C=CC(=O)N(CC)CC(=O)NCc1oc(C(C)C)nc1C. The molecule has 0 aliphatic carbocycles. The van der Waals surface area contributed by atoms with E-state index in [-0.39, 0.29) is 30.8 Å². The monoisotopic (exact) mass is 293 g/mol. The van der Waals surface area contributed by atoms with Crippen molar-refractivity contribution in [1.29, 1.82) is 0 Å². The van der Waals surface area contributed by atoms with E-state index in [1.165, 1.54) is 11.0 Å². The maximum absolute atomic E-state index is 11.9. The van der Waals surface area contributed by atoms with E-state index in [2.05, 4.69) is 16.9 Å². The zero-order chi connectivity index (χ0) is 16.0. The Bertz CT molecular complexity index is 520. The van der Waals surface area contributed by atoms with Crippen LogP contribution in [0.1, 0.15) is 44.0 Å². The summed E-state index contributed by atoms with van der Waals surface area (Å²) in [5.74, 6) is 1.01. The Hall–Kier alpha value is -2.11. The lowest BCUT2D eigenvalue weighted by Crippen LogP contribution is -2.39. The number of nitrogens with zero attached hydrogens (tertiary/aromatic N) is 2. The third kappa shape index (κ3) is 4.73. The minimum atomic E-state index is -0.259. The first kappa shape index (κ1) is 16.9. The lowest BCUT2D eigenvalue weighted by atomic mass is 10.2. The minimum absolute atomic E-state index is 0.00553. The van der Waals surface area contributed by atoms with Crippen LogP contribution >= 0.6 is 0 Å². The summed E-state index contributed by atoms with van der Waals surface area (Å²) in [6.45, 7) is 11.8. The molecule has 1 N–H and O–H groups in total. The number of aryl methyl sites for hydroxylation is 1. The van der Waals surface area contributed by atoms with E-state index >= 15 is 0 Å². The first-order chi connectivity index (χ1) is 9.88. The Kier molecular flexibility index (Phi) is 6.14. The second-order valence-electron chi connectivity index (χ2n) is 5.05. The summed E-state index contributed by atoms with van der Waals surface area (Å²) >= 11 is 0. The number of oxazole rings is 1. The van der Waals surface area contributed by atoms with Gasteiger partial charge < -0.3 is 14.6 Å². The Morgan fingerprint density at radius 2 is 2.14 bits per heavy atom. The molecule has 0 fully saturated rings. The molecule has 0 bridgehead atoms. The highest BCUT2D eigenvalue weighted by molar-refractivity contribution is 5.90. The van der Waals surface area contributed by atoms with Gasteiger partial charge in [-0.2, -0.15) is 0 Å². The standard InChI is InChI=1S/C15H23N3O3/c1-6-14(20)18(7-2)9-13(19)16-8-12-11(5)17-15(21-12)10(3)4/h6,10H,1,7-9H2,2-5H3,(H,16,19). The zero-order valence-electron chi connectivity index (χ0n) is 13.1. The molecule has 0 spiro atoms. The van der Waals surface area contributed by atoms with Gasteiger partial charge in [-0.3, -0.25) is 9.59 Å². The number of nitrogens with one attached hydrogen (secondary N) is 1. The predicted molar refractivity (Wildman–Crippen MR) is 79.6 cm³/mol. The number of rotatable bonds is 7. The van der Waals surface area contributed by atoms with Gasteiger partial charge in [-0.25, -0.2) is 4.98 Å². The first-order valence-corrected chi connectivity index (χ1v) is 7.03. The van der Waals surface area contributed by atoms with Gasteiger partial charge in [0.15, 0.2) is 5.89 Å². The van der Waals surface area contributed by atoms with Gasteiger partial charge in [-0.1, -0.05) is 20.4 Å². The van der Waals surface area contributed by atoms with Gasteiger partial charge in [0.2, 0.25) is 11.8 Å². The lowest BCUT2D eigenvalue weighted by molar-refractivity contribution is -0.132. The van der Waals surface area contributed by atoms with Gasteiger partial charge in [-0.05, 0) is 19.9 Å². The molecule has 2 amide bonds. The number of likely N-dealkylation sites (N-methyl/N-ethyl adjacent to an activating group) is 1. The summed E-state index contributed by atoms with van der Waals surface area (Å²) in [7, 11) is 0. The first-order valence-electron chi connectivity index (χ1n) is 7.03. The largest absolute Gasteiger partial charge is 0.443 e. The molecule has 0 atom stereocenters. The number of aromatic nitrogens is 1. The fourth-order valence-corrected chi connectivity index (χ4v) is 1.74. The molecule has 0 radical (unpaired) electrons. The van der Waals surface area contributed by atoms with E-state index in [9.17, 15) is 9.59 Å². The molecule has 21 heavy (non-hydrogen) atoms. The van der Waals surface area contributed by atoms with Crippen LogP contribution in [0.15, 0.2) is 17.1 Å². The molecule has 6 nitrogen and oxygen atoms in total. The van der Waals surface area contributed by atoms with E-state index in [1.807, 2.05) is 27.7 Å². The van der Waals surface area contributed by atoms with Crippen molar-refractivity contribution in [3.63, 3.8) is 0 Å². The second kappa shape index (κ2) is 7.61. The van der Waals surface area contributed by atoms with Crippen LogP contribution < -0.4 is 5.32 Å². The molecule has 1 aromatic rings. The summed E-state index contributed by atoms with van der Waals surface area (Å²) in [6.07, 6.45) is 1.20. The van der Waals surface area contributed by atoms with Crippen LogP contribution in [0, 0.1) is 6.92 Å². The predicted octanol–water partition coefficient (Wildman–Crippen LogP) is 1.76. The molecule has 0 aromatic carbocycles. The van der Waals surface area contributed by atoms with Crippen molar-refractivity contribution in [1.82, 2.24) is 15.2 Å². The van der Waals surface area contributed by atoms with E-state index in [1.54, 1.807) is 0 Å². The summed E-state index contributed by atoms with van der Waals surface area (Å²) in [5, 5.41) is 2.73. The van der Waals surface area contributed by atoms with Crippen molar-refractivity contribution in [2.75, 3.05) is 13.1 Å². The van der Waals surface area contributed by atoms with E-state index in [0.717, 1.165) is 5.69 Å². The lowest BCUT2D eigenvalue weighted by Gasteiger charge is -2.18. The Labute approximate surface area is 125 Å². The summed E-state index contributed by atoms with van der Waals surface area (Å²) in [5.41, 5.74) is 0.772. The fourth-order valence-electron chi connectivity index (χ4n) is 1.74. The van der Waals surface area contributed by atoms with Crippen molar-refractivity contribution >= 4 is 11.8 Å². The minimum Gasteiger partial charge on any atom is -0.443 e. The zero-order valence-corrected chi connectivity index (χ0v) is 13.1. The van der Waals surface area contributed by atoms with Crippen molar-refractivity contribution in [2.45, 2.75) is 40.2 Å². The van der Waals surface area contributed by atoms with Gasteiger partial charge in [0.1, 0.15) is 5.76 Å². The Morgan fingerprint density at radius 3 is 2.62 bits per heavy atom. The van der Waals surface area contributed by atoms with Gasteiger partial charge in [0.25, 0.3) is 0 Å². The summed E-state index contributed by atoms with van der Waals surface area (Å²) in [6, 6.07) is 0. The van der Waals surface area contributed by atoms with E-state index < -0.39 is 0 Å². The number of amides is 2. The van der Waals surface area contributed by atoms with Crippen LogP contribution in [-0.4, -0.2) is 34.8 Å². The van der Waals surface area contributed by atoms with Crippen molar-refractivity contribution < 1.29 is 14.0 Å². The van der Waals surface area contributed by atoms with Crippen LogP contribution in [0.5, 0.6) is 0 Å². The van der Waals surface area contributed by atoms with Crippen molar-refractivity contribution in [3.8, 4) is 0 Å². The molecule has 116 valence electrons. The summed E-state index contributed by atoms with van der Waals surface area (Å²) in [4.78, 5) is 29.1. The maximum Gasteiger partial charge on any atom is 0.246 e. The Balaban J connectivity index is 2.56. The molecule has 0 aliphatic rings. The van der Waals surface area contributed by atoms with Crippen LogP contribution in [0.2, 0.25) is 0 Å². The molecule has 0 saturated carbocycles. The smallest absolute Gasteiger partial charge is 0.246 e. The average molecular weight is 293 g/mol. The molecule has 1 rings (SSSR count). The molecular weight excluding hydrogens is 270 g/mol. The van der Waals surface area contributed by atoms with E-state index in [0.29, 0.717) is 18.2 Å². The normalized spacial score (nSPS) is 10.5. The number of hydrogen-bond donors (Lipinski definition) is 1. The molecule has 0 aliphatic heterocycles. The maximum atomic E-state index is 11.9. The molecule has 0 saturated heterocycles. The highest BCUT2D eigenvalue weighted by Gasteiger charge is 2.15. The molecule has 1 aromatic heterocycles. The van der Waals surface area contributed by atoms with Crippen molar-refractivity contribution in [3.05, 3.63) is 30.0 Å². The van der Waals surface area contributed by atoms with E-state index in [4.69, 9.17) is 4.42 Å². The fraction of sp³-hybridized carbons (Fsp3) is 0.533. The molecule has 0 unspecified atom stereocenters. The van der Waals surface area contributed by atoms with Gasteiger partial charge >= 0.3 is 0 Å². The van der Waals surface area contributed by atoms with Gasteiger partial charge in [0.05, 0.1) is 18.8 Å². The summed E-state index contributed by atoms with van der Waals surface area (Å²) < 4.78 is 5.60. The Morgan fingerprint density at radius 1 is 1.48 bits per heavy atom. The van der Waals surface area contributed by atoms with Crippen LogP contribution in [-0.2, 0) is 16.1 Å². The van der Waals surface area contributed by atoms with Gasteiger partial charge in [0, 0.05) is 12.5 Å². The van der Waals surface area contributed by atoms with Crippen LogP contribution in [0.25, 0.3) is 0 Å². The van der Waals surface area contributed by atoms with Crippen LogP contribution in [0.4, 0.5) is 0 Å². The number of hydrogen-bond acceptors (Lipinski definition) is 4. The second-order valence-corrected chi connectivity index (χ2v) is 5.05. The van der Waals surface area contributed by atoms with Crippen LogP contribution in [0.3, 0.4) is 0 Å². The third-order valence-electron chi connectivity index (χ3n) is 3.05. The number of carbonyl (C=O) groups excluding carboxylic acids is 2.